The van der Waals surface area contributed by atoms with Crippen molar-refractivity contribution in [2.75, 3.05) is 6.61 Å². The fourth-order valence-electron chi connectivity index (χ4n) is 7.26. The van der Waals surface area contributed by atoms with Crippen LogP contribution >= 0.6 is 0 Å². The molecule has 322 valence electrons. The van der Waals surface area contributed by atoms with Gasteiger partial charge in [-0.3, -0.25) is 4.79 Å². The highest BCUT2D eigenvalue weighted by Crippen LogP contribution is 2.15. The van der Waals surface area contributed by atoms with Crippen LogP contribution < -0.4 is 5.32 Å². The Morgan fingerprint density at radius 1 is 0.418 bits per heavy atom. The Labute approximate surface area is 344 Å². The topological polar surface area (TPSA) is 69.6 Å². The van der Waals surface area contributed by atoms with Gasteiger partial charge in [0.15, 0.2) is 0 Å². The van der Waals surface area contributed by atoms with Gasteiger partial charge < -0.3 is 15.5 Å². The number of hydrogen-bond donors (Lipinski definition) is 3. The molecule has 0 aliphatic heterocycles. The quantitative estimate of drug-likeness (QED) is 0.0427. The molecule has 2 atom stereocenters. The normalized spacial score (nSPS) is 13.3. The molecule has 2 unspecified atom stereocenters. The zero-order valence-corrected chi connectivity index (χ0v) is 36.9. The molecule has 0 saturated carbocycles. The van der Waals surface area contributed by atoms with Crippen molar-refractivity contribution < 1.29 is 15.0 Å². The number of aliphatic hydroxyl groups excluding tert-OH is 2. The molecule has 4 heteroatoms. The van der Waals surface area contributed by atoms with E-state index in [2.05, 4.69) is 55.6 Å². The molecule has 0 heterocycles. The molecule has 0 spiro atoms. The smallest absolute Gasteiger partial charge is 0.220 e. The summed E-state index contributed by atoms with van der Waals surface area (Å²) >= 11 is 0. The summed E-state index contributed by atoms with van der Waals surface area (Å²) in [6, 6.07) is -0.646. The standard InChI is InChI=1S/C51H95NO3/c1-3-5-7-9-11-13-15-17-19-21-23-25-26-27-29-31-33-35-37-39-41-43-45-47-51(55)52-49(48-53)50(54)46-44-42-40-38-36-34-32-30-28-24-22-20-18-16-14-12-10-8-6-4-2/h21,23,28,30,36,38,44,46,49-50,53-54H,3-20,22,24-27,29,31-35,37,39-43,45,47-48H2,1-2H3,(H,52,55)/b23-21-,30-28+,38-36+,46-44+. The van der Waals surface area contributed by atoms with E-state index < -0.39 is 12.1 Å². The number of carbonyl (C=O) groups is 1. The number of unbranched alkanes of at least 4 members (excludes halogenated alkanes) is 31. The molecular weight excluding hydrogens is 675 g/mol. The van der Waals surface area contributed by atoms with Crippen LogP contribution in [0.4, 0.5) is 0 Å². The van der Waals surface area contributed by atoms with Gasteiger partial charge in [0.1, 0.15) is 0 Å². The second-order valence-corrected chi connectivity index (χ2v) is 16.5. The number of aliphatic hydroxyl groups is 2. The third-order valence-electron chi connectivity index (χ3n) is 11.0. The lowest BCUT2D eigenvalue weighted by molar-refractivity contribution is -0.123. The largest absolute Gasteiger partial charge is 0.394 e. The molecule has 0 aromatic carbocycles. The van der Waals surface area contributed by atoms with E-state index in [4.69, 9.17) is 0 Å². The predicted octanol–water partition coefficient (Wildman–Crippen LogP) is 15.5. The van der Waals surface area contributed by atoms with Crippen LogP contribution in [-0.4, -0.2) is 34.9 Å². The van der Waals surface area contributed by atoms with Crippen molar-refractivity contribution in [1.82, 2.24) is 5.32 Å². The first-order valence-corrected chi connectivity index (χ1v) is 24.4. The van der Waals surface area contributed by atoms with Crippen LogP contribution in [0.15, 0.2) is 48.6 Å². The molecule has 0 radical (unpaired) electrons. The van der Waals surface area contributed by atoms with E-state index in [-0.39, 0.29) is 12.5 Å². The van der Waals surface area contributed by atoms with Crippen molar-refractivity contribution in [1.29, 1.82) is 0 Å². The van der Waals surface area contributed by atoms with Gasteiger partial charge in [-0.15, -0.1) is 0 Å². The van der Waals surface area contributed by atoms with Crippen molar-refractivity contribution in [3.8, 4) is 0 Å². The van der Waals surface area contributed by atoms with E-state index in [1.54, 1.807) is 6.08 Å². The second kappa shape index (κ2) is 46.7. The molecule has 0 aliphatic carbocycles. The summed E-state index contributed by atoms with van der Waals surface area (Å²) in [6.07, 6.45) is 63.8. The predicted molar refractivity (Wildman–Crippen MR) is 244 cm³/mol. The van der Waals surface area contributed by atoms with Crippen LogP contribution in [0.25, 0.3) is 0 Å². The Hall–Kier alpha value is -1.65. The van der Waals surface area contributed by atoms with Crippen LogP contribution in [0.5, 0.6) is 0 Å². The highest BCUT2D eigenvalue weighted by molar-refractivity contribution is 5.76. The van der Waals surface area contributed by atoms with Gasteiger partial charge in [-0.05, 0) is 70.6 Å². The Morgan fingerprint density at radius 3 is 1.05 bits per heavy atom. The summed E-state index contributed by atoms with van der Waals surface area (Å²) in [5, 5.41) is 23.0. The fourth-order valence-corrected chi connectivity index (χ4v) is 7.26. The van der Waals surface area contributed by atoms with Crippen LogP contribution in [0.3, 0.4) is 0 Å². The number of hydrogen-bond acceptors (Lipinski definition) is 3. The molecule has 0 bridgehead atoms. The lowest BCUT2D eigenvalue weighted by atomic mass is 10.0. The monoisotopic (exact) mass is 770 g/mol. The van der Waals surface area contributed by atoms with Crippen molar-refractivity contribution in [2.45, 2.75) is 264 Å². The molecule has 0 rings (SSSR count). The molecule has 1 amide bonds. The summed E-state index contributed by atoms with van der Waals surface area (Å²) in [5.41, 5.74) is 0. The number of allylic oxidation sites excluding steroid dienone is 7. The fraction of sp³-hybridized carbons (Fsp3) is 0.824. The highest BCUT2D eigenvalue weighted by atomic mass is 16.3. The Balaban J connectivity index is 3.60. The summed E-state index contributed by atoms with van der Waals surface area (Å²) in [7, 11) is 0. The van der Waals surface area contributed by atoms with E-state index in [1.807, 2.05) is 6.08 Å². The van der Waals surface area contributed by atoms with Crippen LogP contribution in [0, 0.1) is 0 Å². The van der Waals surface area contributed by atoms with Crippen molar-refractivity contribution in [3.63, 3.8) is 0 Å². The minimum absolute atomic E-state index is 0.0778. The highest BCUT2D eigenvalue weighted by Gasteiger charge is 2.17. The first-order valence-electron chi connectivity index (χ1n) is 24.4. The van der Waals surface area contributed by atoms with Gasteiger partial charge in [0.25, 0.3) is 0 Å². The molecule has 0 aliphatic rings. The lowest BCUT2D eigenvalue weighted by Crippen LogP contribution is -2.45. The number of carbonyl (C=O) groups excluding carboxylic acids is 1. The molecule has 0 aromatic heterocycles. The van der Waals surface area contributed by atoms with E-state index >= 15 is 0 Å². The van der Waals surface area contributed by atoms with Gasteiger partial charge >= 0.3 is 0 Å². The molecular formula is C51H95NO3. The number of amides is 1. The SMILES string of the molecule is CCCCCCCCCC/C=C\CCCCCCCCCCCCCC(=O)NC(CO)C(O)/C=C/CC/C=C/CC/C=C/CCCCCCCCCCCC. The average molecular weight is 770 g/mol. The van der Waals surface area contributed by atoms with Gasteiger partial charge in [0.05, 0.1) is 18.8 Å². The van der Waals surface area contributed by atoms with E-state index in [9.17, 15) is 15.0 Å². The minimum Gasteiger partial charge on any atom is -0.394 e. The molecule has 4 nitrogen and oxygen atoms in total. The lowest BCUT2D eigenvalue weighted by Gasteiger charge is -2.19. The first-order chi connectivity index (χ1) is 27.2. The molecule has 55 heavy (non-hydrogen) atoms. The van der Waals surface area contributed by atoms with Gasteiger partial charge in [-0.2, -0.15) is 0 Å². The number of nitrogens with one attached hydrogen (secondary N) is 1. The van der Waals surface area contributed by atoms with Crippen LogP contribution in [-0.2, 0) is 4.79 Å². The maximum absolute atomic E-state index is 12.4. The van der Waals surface area contributed by atoms with E-state index in [0.717, 1.165) is 38.5 Å². The van der Waals surface area contributed by atoms with Gasteiger partial charge in [-0.25, -0.2) is 0 Å². The van der Waals surface area contributed by atoms with Crippen LogP contribution in [0.1, 0.15) is 251 Å². The van der Waals surface area contributed by atoms with Crippen molar-refractivity contribution in [2.24, 2.45) is 0 Å². The first kappa shape index (κ1) is 53.4. The van der Waals surface area contributed by atoms with Crippen LogP contribution in [0.2, 0.25) is 0 Å². The third kappa shape index (κ3) is 43.3. The summed E-state index contributed by atoms with van der Waals surface area (Å²) in [6.45, 7) is 4.30. The molecule has 0 aromatic rings. The van der Waals surface area contributed by atoms with Crippen molar-refractivity contribution in [3.05, 3.63) is 48.6 Å². The Kier molecular flexibility index (Phi) is 45.3. The maximum atomic E-state index is 12.4. The third-order valence-corrected chi connectivity index (χ3v) is 11.0. The van der Waals surface area contributed by atoms with Gasteiger partial charge in [0.2, 0.25) is 5.91 Å². The average Bonchev–Trinajstić information content (AvgIpc) is 3.19. The zero-order valence-electron chi connectivity index (χ0n) is 36.9. The van der Waals surface area contributed by atoms with E-state index in [1.165, 1.54) is 193 Å². The maximum Gasteiger partial charge on any atom is 0.220 e. The molecule has 0 fully saturated rings. The second-order valence-electron chi connectivity index (χ2n) is 16.5. The van der Waals surface area contributed by atoms with Gasteiger partial charge in [-0.1, -0.05) is 223 Å². The van der Waals surface area contributed by atoms with Gasteiger partial charge in [0, 0.05) is 6.42 Å². The minimum atomic E-state index is -0.871. The summed E-state index contributed by atoms with van der Waals surface area (Å²) in [4.78, 5) is 12.4. The summed E-state index contributed by atoms with van der Waals surface area (Å²) < 4.78 is 0. The summed E-state index contributed by atoms with van der Waals surface area (Å²) in [5.74, 6) is -0.0778. The number of rotatable bonds is 44. The molecule has 3 N–H and O–H groups in total. The molecule has 0 saturated heterocycles. The Bertz CT molecular complexity index is 877. The van der Waals surface area contributed by atoms with Crippen molar-refractivity contribution >= 4 is 5.91 Å². The Morgan fingerprint density at radius 2 is 0.709 bits per heavy atom. The zero-order chi connectivity index (χ0) is 40.0. The van der Waals surface area contributed by atoms with E-state index in [0.29, 0.717) is 6.42 Å².